The van der Waals surface area contributed by atoms with Gasteiger partial charge in [0.2, 0.25) is 0 Å². The lowest BCUT2D eigenvalue weighted by molar-refractivity contribution is -0.385. The van der Waals surface area contributed by atoms with Crippen LogP contribution in [0.3, 0.4) is 0 Å². The summed E-state index contributed by atoms with van der Waals surface area (Å²) in [5.74, 6) is 0.476. The van der Waals surface area contributed by atoms with E-state index in [0.29, 0.717) is 17.9 Å². The molecule has 0 saturated heterocycles. The number of nitrogens with zero attached hydrogens (tertiary/aromatic N) is 1. The second kappa shape index (κ2) is 6.49. The van der Waals surface area contributed by atoms with Crippen molar-refractivity contribution in [1.29, 1.82) is 0 Å². The number of ether oxygens (including phenoxy) is 1. The third kappa shape index (κ3) is 3.34. The average Bonchev–Trinajstić information content (AvgIpc) is 2.92. The Morgan fingerprint density at radius 2 is 2.05 bits per heavy atom. The zero-order valence-electron chi connectivity index (χ0n) is 11.0. The molecule has 0 atom stereocenters. The molecule has 0 radical (unpaired) electrons. The molecule has 106 valence electrons. The molecule has 20 heavy (non-hydrogen) atoms. The first-order chi connectivity index (χ1) is 9.63. The molecule has 1 heterocycles. The van der Waals surface area contributed by atoms with Crippen LogP contribution in [0.4, 0.5) is 5.69 Å². The van der Waals surface area contributed by atoms with E-state index >= 15 is 0 Å². The van der Waals surface area contributed by atoms with E-state index in [1.165, 1.54) is 23.1 Å². The van der Waals surface area contributed by atoms with E-state index in [9.17, 15) is 15.2 Å². The van der Waals surface area contributed by atoms with Gasteiger partial charge in [-0.2, -0.15) is 0 Å². The monoisotopic (exact) mass is 293 g/mol. The summed E-state index contributed by atoms with van der Waals surface area (Å²) in [6.07, 6.45) is 0.990. The van der Waals surface area contributed by atoms with Gasteiger partial charge in [-0.15, -0.1) is 11.3 Å². The van der Waals surface area contributed by atoms with Crippen LogP contribution in [-0.4, -0.2) is 10.0 Å². The van der Waals surface area contributed by atoms with E-state index < -0.39 is 4.92 Å². The molecule has 2 rings (SSSR count). The SMILES string of the molecule is CCc1ccc(COc2ccc([N+](=O)[O-])cc2CO)s1. The van der Waals surface area contributed by atoms with E-state index in [0.717, 1.165) is 11.3 Å². The van der Waals surface area contributed by atoms with Crippen LogP contribution < -0.4 is 4.74 Å². The summed E-state index contributed by atoms with van der Waals surface area (Å²) < 4.78 is 5.63. The molecule has 1 aromatic heterocycles. The molecule has 5 nitrogen and oxygen atoms in total. The number of nitro benzene ring substituents is 1. The Labute approximate surface area is 120 Å². The molecule has 1 N–H and O–H groups in total. The maximum absolute atomic E-state index is 10.7. The number of thiophene rings is 1. The van der Waals surface area contributed by atoms with Crippen LogP contribution in [0.5, 0.6) is 5.75 Å². The Balaban J connectivity index is 2.10. The standard InChI is InChI=1S/C14H15NO4S/c1-2-12-4-5-13(20-12)9-19-14-6-3-11(15(17)18)7-10(14)8-16/h3-7,16H,2,8-9H2,1H3. The van der Waals surface area contributed by atoms with E-state index in [-0.39, 0.29) is 12.3 Å². The van der Waals surface area contributed by atoms with E-state index in [1.807, 2.05) is 6.07 Å². The zero-order chi connectivity index (χ0) is 14.5. The summed E-state index contributed by atoms with van der Waals surface area (Å²) in [4.78, 5) is 12.6. The molecule has 0 spiro atoms. The number of benzene rings is 1. The van der Waals surface area contributed by atoms with Gasteiger partial charge in [-0.05, 0) is 24.6 Å². The first-order valence-electron chi connectivity index (χ1n) is 6.22. The number of hydrogen-bond donors (Lipinski definition) is 1. The number of nitro groups is 1. The largest absolute Gasteiger partial charge is 0.488 e. The maximum atomic E-state index is 10.7. The first kappa shape index (κ1) is 14.5. The first-order valence-corrected chi connectivity index (χ1v) is 7.04. The van der Waals surface area contributed by atoms with Crippen LogP contribution in [0.1, 0.15) is 22.2 Å². The highest BCUT2D eigenvalue weighted by Gasteiger charge is 2.11. The third-order valence-corrected chi connectivity index (χ3v) is 4.06. The molecule has 0 unspecified atom stereocenters. The van der Waals surface area contributed by atoms with Crippen molar-refractivity contribution in [2.24, 2.45) is 0 Å². The van der Waals surface area contributed by atoms with Crippen LogP contribution in [-0.2, 0) is 19.6 Å². The van der Waals surface area contributed by atoms with Crippen molar-refractivity contribution in [3.63, 3.8) is 0 Å². The molecule has 0 saturated carbocycles. The summed E-state index contributed by atoms with van der Waals surface area (Å²) in [6, 6.07) is 8.30. The summed E-state index contributed by atoms with van der Waals surface area (Å²) in [7, 11) is 0. The lowest BCUT2D eigenvalue weighted by Crippen LogP contribution is -1.98. The van der Waals surface area contributed by atoms with Gasteiger partial charge < -0.3 is 9.84 Å². The van der Waals surface area contributed by atoms with Gasteiger partial charge in [-0.3, -0.25) is 10.1 Å². The minimum Gasteiger partial charge on any atom is -0.488 e. The molecular formula is C14H15NO4S. The highest BCUT2D eigenvalue weighted by molar-refractivity contribution is 7.11. The average molecular weight is 293 g/mol. The normalized spacial score (nSPS) is 10.5. The van der Waals surface area contributed by atoms with Gasteiger partial charge in [-0.25, -0.2) is 0 Å². The van der Waals surface area contributed by atoms with Gasteiger partial charge in [-0.1, -0.05) is 6.92 Å². The van der Waals surface area contributed by atoms with Crippen molar-refractivity contribution in [2.75, 3.05) is 0 Å². The highest BCUT2D eigenvalue weighted by Crippen LogP contribution is 2.26. The van der Waals surface area contributed by atoms with E-state index in [4.69, 9.17) is 4.74 Å². The molecule has 0 bridgehead atoms. The van der Waals surface area contributed by atoms with Crippen molar-refractivity contribution < 1.29 is 14.8 Å². The molecule has 0 aliphatic heterocycles. The third-order valence-electron chi connectivity index (χ3n) is 2.86. The summed E-state index contributed by atoms with van der Waals surface area (Å²) in [5, 5.41) is 19.9. The van der Waals surface area contributed by atoms with Gasteiger partial charge in [0, 0.05) is 27.5 Å². The second-order valence-electron chi connectivity index (χ2n) is 4.22. The van der Waals surface area contributed by atoms with Crippen LogP contribution in [0, 0.1) is 10.1 Å². The summed E-state index contributed by atoms with van der Waals surface area (Å²) >= 11 is 1.68. The van der Waals surface area contributed by atoms with Crippen molar-refractivity contribution >= 4 is 17.0 Å². The minimum atomic E-state index is -0.490. The van der Waals surface area contributed by atoms with Crippen molar-refractivity contribution in [1.82, 2.24) is 0 Å². The second-order valence-corrected chi connectivity index (χ2v) is 5.47. The lowest BCUT2D eigenvalue weighted by atomic mass is 10.2. The number of aliphatic hydroxyl groups is 1. The molecule has 0 aliphatic carbocycles. The quantitative estimate of drug-likeness (QED) is 0.655. The Hall–Kier alpha value is -1.92. The van der Waals surface area contributed by atoms with Crippen LogP contribution >= 0.6 is 11.3 Å². The fourth-order valence-electron chi connectivity index (χ4n) is 1.78. The Kier molecular flexibility index (Phi) is 4.70. The number of non-ortho nitro benzene ring substituents is 1. The lowest BCUT2D eigenvalue weighted by Gasteiger charge is -2.08. The topological polar surface area (TPSA) is 72.6 Å². The predicted molar refractivity (Wildman–Crippen MR) is 77.0 cm³/mol. The number of hydrogen-bond acceptors (Lipinski definition) is 5. The number of aryl methyl sites for hydroxylation is 1. The molecule has 1 aromatic carbocycles. The van der Waals surface area contributed by atoms with Crippen molar-refractivity contribution in [2.45, 2.75) is 26.6 Å². The summed E-state index contributed by atoms with van der Waals surface area (Å²) in [6.45, 7) is 2.20. The Bertz CT molecular complexity index is 609. The van der Waals surface area contributed by atoms with Gasteiger partial charge >= 0.3 is 0 Å². The van der Waals surface area contributed by atoms with Gasteiger partial charge in [0.05, 0.1) is 11.5 Å². The van der Waals surface area contributed by atoms with Crippen molar-refractivity contribution in [3.8, 4) is 5.75 Å². The fourth-order valence-corrected chi connectivity index (χ4v) is 2.65. The van der Waals surface area contributed by atoms with Crippen molar-refractivity contribution in [3.05, 3.63) is 55.8 Å². The van der Waals surface area contributed by atoms with Crippen LogP contribution in [0.2, 0.25) is 0 Å². The van der Waals surface area contributed by atoms with E-state index in [2.05, 4.69) is 13.0 Å². The molecule has 2 aromatic rings. The van der Waals surface area contributed by atoms with Gasteiger partial charge in [0.15, 0.2) is 0 Å². The number of aliphatic hydroxyl groups excluding tert-OH is 1. The van der Waals surface area contributed by atoms with Gasteiger partial charge in [0.1, 0.15) is 12.4 Å². The zero-order valence-corrected chi connectivity index (χ0v) is 11.9. The maximum Gasteiger partial charge on any atom is 0.270 e. The molecule has 0 amide bonds. The van der Waals surface area contributed by atoms with Gasteiger partial charge in [0.25, 0.3) is 5.69 Å². The minimum absolute atomic E-state index is 0.0502. The van der Waals surface area contributed by atoms with Crippen LogP contribution in [0.15, 0.2) is 30.3 Å². The van der Waals surface area contributed by atoms with E-state index in [1.54, 1.807) is 11.3 Å². The fraction of sp³-hybridized carbons (Fsp3) is 0.286. The molecule has 0 fully saturated rings. The Morgan fingerprint density at radius 1 is 1.30 bits per heavy atom. The smallest absolute Gasteiger partial charge is 0.270 e. The molecule has 6 heteroatoms. The highest BCUT2D eigenvalue weighted by atomic mass is 32.1. The van der Waals surface area contributed by atoms with Crippen LogP contribution in [0.25, 0.3) is 0 Å². The molecular weight excluding hydrogens is 278 g/mol. The number of rotatable bonds is 6. The molecule has 0 aliphatic rings. The summed E-state index contributed by atoms with van der Waals surface area (Å²) in [5.41, 5.74) is 0.372. The Morgan fingerprint density at radius 3 is 2.65 bits per heavy atom. The predicted octanol–water partition coefficient (Wildman–Crippen LogP) is 3.29.